The van der Waals surface area contributed by atoms with Crippen LogP contribution in [0, 0.1) is 5.92 Å². The number of hydrogen-bond acceptors (Lipinski definition) is 6. The maximum atomic E-state index is 12.3. The molecule has 34 heavy (non-hydrogen) atoms. The number of carbonyl (C=O) groups is 2. The van der Waals surface area contributed by atoms with Crippen LogP contribution in [0.3, 0.4) is 0 Å². The molecular weight excluding hydrogens is 434 g/mol. The molecule has 9 atom stereocenters. The summed E-state index contributed by atoms with van der Waals surface area (Å²) >= 11 is 0. The molecule has 0 radical (unpaired) electrons. The second-order valence-electron chi connectivity index (χ2n) is 10.1. The summed E-state index contributed by atoms with van der Waals surface area (Å²) in [5.41, 5.74) is 0.0280. The van der Waals surface area contributed by atoms with Gasteiger partial charge in [0.05, 0.1) is 42.2 Å². The third-order valence-corrected chi connectivity index (χ3v) is 7.04. The Labute approximate surface area is 203 Å². The van der Waals surface area contributed by atoms with Crippen LogP contribution in [0.15, 0.2) is 36.5 Å². The van der Waals surface area contributed by atoms with E-state index in [9.17, 15) is 9.59 Å². The van der Waals surface area contributed by atoms with E-state index in [1.807, 2.05) is 6.92 Å². The Bertz CT molecular complexity index is 807. The lowest BCUT2D eigenvalue weighted by Gasteiger charge is -2.39. The van der Waals surface area contributed by atoms with Crippen molar-refractivity contribution in [1.29, 1.82) is 0 Å². The predicted octanol–water partition coefficient (Wildman–Crippen LogP) is 4.02. The van der Waals surface area contributed by atoms with Gasteiger partial charge in [0.1, 0.15) is 6.10 Å². The standard InChI is InChI=1S/C27H41NO6/c1-17-14-24(28-26(30)13-12-18(2)31-22(6)29)20(4)33-25(17)11-9-7-8-10-23-16-27(21(5)34-27)15-19(3)32-23/h7-10,12-13,17-21,23-25H,11,14-16H2,1-6H3,(H,28,30)/b9-7+,10-8+,13-12-/t17?,18?,19-,20?,21?,23?,24?,25?,27?/m1/s1. The minimum absolute atomic E-state index is 0.0280. The minimum atomic E-state index is -0.438. The van der Waals surface area contributed by atoms with Crippen molar-refractivity contribution in [2.24, 2.45) is 5.92 Å². The number of hydrogen-bond donors (Lipinski definition) is 1. The van der Waals surface area contributed by atoms with Crippen molar-refractivity contribution >= 4 is 11.9 Å². The van der Waals surface area contributed by atoms with Gasteiger partial charge in [-0.2, -0.15) is 0 Å². The van der Waals surface area contributed by atoms with Crippen LogP contribution in [-0.4, -0.2) is 60.1 Å². The molecule has 1 N–H and O–H groups in total. The van der Waals surface area contributed by atoms with Crippen LogP contribution in [0.1, 0.15) is 67.2 Å². The Balaban J connectivity index is 1.40. The topological polar surface area (TPSA) is 86.4 Å². The molecular formula is C27H41NO6. The fraction of sp³-hybridized carbons (Fsp3) is 0.704. The van der Waals surface area contributed by atoms with Crippen LogP contribution in [0.4, 0.5) is 0 Å². The van der Waals surface area contributed by atoms with Crippen LogP contribution in [0.5, 0.6) is 0 Å². The quantitative estimate of drug-likeness (QED) is 0.247. The number of epoxide rings is 1. The summed E-state index contributed by atoms with van der Waals surface area (Å²) in [6, 6.07) is -0.0545. The van der Waals surface area contributed by atoms with Crippen LogP contribution in [0.25, 0.3) is 0 Å². The highest BCUT2D eigenvalue weighted by Gasteiger charge is 2.56. The highest BCUT2D eigenvalue weighted by molar-refractivity contribution is 5.87. The number of carbonyl (C=O) groups excluding carboxylic acids is 2. The third-order valence-electron chi connectivity index (χ3n) is 7.04. The van der Waals surface area contributed by atoms with E-state index in [1.54, 1.807) is 13.0 Å². The molecule has 3 fully saturated rings. The maximum Gasteiger partial charge on any atom is 0.303 e. The summed E-state index contributed by atoms with van der Waals surface area (Å²) in [6.45, 7) is 11.5. The molecule has 1 spiro atoms. The van der Waals surface area contributed by atoms with Crippen molar-refractivity contribution in [3.05, 3.63) is 36.5 Å². The van der Waals surface area contributed by atoms with Crippen molar-refractivity contribution < 1.29 is 28.5 Å². The molecule has 0 bridgehead atoms. The van der Waals surface area contributed by atoms with Crippen molar-refractivity contribution in [2.45, 2.75) is 115 Å². The van der Waals surface area contributed by atoms with E-state index in [2.05, 4.69) is 50.4 Å². The smallest absolute Gasteiger partial charge is 0.303 e. The van der Waals surface area contributed by atoms with E-state index in [1.165, 1.54) is 13.0 Å². The highest BCUT2D eigenvalue weighted by Crippen LogP contribution is 2.48. The summed E-state index contributed by atoms with van der Waals surface area (Å²) in [5, 5.41) is 3.01. The number of nitrogens with one attached hydrogen (secondary N) is 1. The van der Waals surface area contributed by atoms with E-state index in [-0.39, 0.29) is 47.9 Å². The van der Waals surface area contributed by atoms with Crippen molar-refractivity contribution in [2.75, 3.05) is 0 Å². The molecule has 0 aromatic carbocycles. The van der Waals surface area contributed by atoms with E-state index in [0.29, 0.717) is 12.0 Å². The van der Waals surface area contributed by atoms with Gasteiger partial charge in [-0.1, -0.05) is 31.2 Å². The zero-order valence-electron chi connectivity index (χ0n) is 21.4. The lowest BCUT2D eigenvalue weighted by Crippen LogP contribution is -2.50. The molecule has 1 amide bonds. The summed E-state index contributed by atoms with van der Waals surface area (Å²) in [4.78, 5) is 23.2. The van der Waals surface area contributed by atoms with Crippen molar-refractivity contribution in [1.82, 2.24) is 5.32 Å². The number of ether oxygens (including phenoxy) is 4. The molecule has 0 aromatic heterocycles. The molecule has 190 valence electrons. The number of allylic oxidation sites excluding steroid dienone is 2. The van der Waals surface area contributed by atoms with Gasteiger partial charge in [-0.05, 0) is 52.5 Å². The van der Waals surface area contributed by atoms with Gasteiger partial charge in [0.15, 0.2) is 0 Å². The number of esters is 1. The van der Waals surface area contributed by atoms with Gasteiger partial charge in [0, 0.05) is 25.8 Å². The summed E-state index contributed by atoms with van der Waals surface area (Å²) in [6.07, 6.45) is 15.2. The zero-order chi connectivity index (χ0) is 24.9. The van der Waals surface area contributed by atoms with Crippen LogP contribution in [-0.2, 0) is 28.5 Å². The van der Waals surface area contributed by atoms with E-state index in [4.69, 9.17) is 18.9 Å². The second-order valence-corrected chi connectivity index (χ2v) is 10.1. The van der Waals surface area contributed by atoms with Crippen LogP contribution in [0.2, 0.25) is 0 Å². The second kappa shape index (κ2) is 11.6. The Morgan fingerprint density at radius 3 is 2.56 bits per heavy atom. The first kappa shape index (κ1) is 26.6. The van der Waals surface area contributed by atoms with Gasteiger partial charge in [0.2, 0.25) is 5.91 Å². The largest absolute Gasteiger partial charge is 0.459 e. The summed E-state index contributed by atoms with van der Waals surface area (Å²) < 4.78 is 23.1. The van der Waals surface area contributed by atoms with E-state index in [0.717, 1.165) is 25.7 Å². The summed E-state index contributed by atoms with van der Waals surface area (Å²) in [7, 11) is 0. The fourth-order valence-corrected chi connectivity index (χ4v) is 5.11. The van der Waals surface area contributed by atoms with Gasteiger partial charge in [-0.3, -0.25) is 9.59 Å². The van der Waals surface area contributed by atoms with Crippen molar-refractivity contribution in [3.63, 3.8) is 0 Å². The normalized spacial score (nSPS) is 39.1. The average molecular weight is 476 g/mol. The monoisotopic (exact) mass is 475 g/mol. The SMILES string of the molecule is CC(=O)OC(C)/C=C\C(=O)NC1CC(C)C(C/C=C/C=C/C2CC3(C[C@@H](C)O2)OC3C)OC1C. The Kier molecular flexibility index (Phi) is 9.13. The van der Waals surface area contributed by atoms with E-state index < -0.39 is 6.10 Å². The molecule has 3 saturated heterocycles. The Morgan fingerprint density at radius 2 is 1.88 bits per heavy atom. The molecule has 7 nitrogen and oxygen atoms in total. The fourth-order valence-electron chi connectivity index (χ4n) is 5.11. The van der Waals surface area contributed by atoms with Gasteiger partial charge in [-0.15, -0.1) is 0 Å². The molecule has 3 heterocycles. The average Bonchev–Trinajstić information content (AvgIpc) is 3.34. The molecule has 3 aliphatic heterocycles. The van der Waals surface area contributed by atoms with Crippen LogP contribution >= 0.6 is 0 Å². The van der Waals surface area contributed by atoms with Gasteiger partial charge >= 0.3 is 5.97 Å². The van der Waals surface area contributed by atoms with Gasteiger partial charge in [-0.25, -0.2) is 0 Å². The first-order valence-corrected chi connectivity index (χ1v) is 12.6. The van der Waals surface area contributed by atoms with Gasteiger partial charge in [0.25, 0.3) is 0 Å². The van der Waals surface area contributed by atoms with E-state index >= 15 is 0 Å². The molecule has 8 unspecified atom stereocenters. The Morgan fingerprint density at radius 1 is 1.15 bits per heavy atom. The molecule has 0 saturated carbocycles. The maximum absolute atomic E-state index is 12.3. The number of rotatable bonds is 8. The Hall–Kier alpha value is -1.96. The molecule has 3 rings (SSSR count). The first-order chi connectivity index (χ1) is 16.1. The molecule has 0 aliphatic carbocycles. The predicted molar refractivity (Wildman–Crippen MR) is 130 cm³/mol. The summed E-state index contributed by atoms with van der Waals surface area (Å²) in [5.74, 6) is -0.263. The first-order valence-electron chi connectivity index (χ1n) is 12.6. The van der Waals surface area contributed by atoms with Crippen LogP contribution < -0.4 is 5.32 Å². The molecule has 3 aliphatic rings. The molecule has 0 aromatic rings. The minimum Gasteiger partial charge on any atom is -0.459 e. The number of amides is 1. The molecule has 7 heteroatoms. The lowest BCUT2D eigenvalue weighted by molar-refractivity contribution is -0.143. The highest BCUT2D eigenvalue weighted by atomic mass is 16.6. The zero-order valence-corrected chi connectivity index (χ0v) is 21.4. The van der Waals surface area contributed by atoms with Crippen molar-refractivity contribution in [3.8, 4) is 0 Å². The lowest BCUT2D eigenvalue weighted by atomic mass is 9.88. The van der Waals surface area contributed by atoms with Gasteiger partial charge < -0.3 is 24.3 Å². The third kappa shape index (κ3) is 7.52.